The molecule has 45 heteroatoms. The number of nitrogens with one attached hydrogen (secondary N) is 7. The van der Waals surface area contributed by atoms with Gasteiger partial charge in [-0.15, -0.1) is 0 Å². The van der Waals surface area contributed by atoms with Crippen LogP contribution in [0.2, 0.25) is 0 Å². The number of aryl methyl sites for hydroxylation is 1. The standard InChI is InChI=1S/C95H137N11O32S2/c1-15-54(9)79-74(111)47-63(109)46-64(52(6)7)81(117)55(10)82(118)98-68(39-50(2)3)87(123)106-36-20-24-70(106)89(125)104(14)72(42-59-27-25-53(8)26-28-59)93(132)137-56(11)80(85(121)101-79)102-84(120)71(40-51(4)5)103(13)88(124)69-23-19-35-105(69)86(122)57(12)138-95(134)135-37-38-139-140-48-61(90(126)127)44-73(110)67(41-58-21-17-16-18-22-58)97-83(119)60(45-78(115)116)43-62(108)29-30-65(91(128)129)96-75(112)32-31-66(92(130)131)99-94(133)100-76(136-49-107)33-34-77(113)114/h16-18,21-22,25-28,49-52,54-57,60-61,64-72,74,76,79-80,111H,15,19-20,23-24,29-48H2,1-14H3,(H,96,112)(H,97,119)(H,98,118)(H,101,121)(H,102,120)(H,113,114)(H,115,116)(H,126,127)(H,128,129)(H,130,131)(H2,99,100,133)/t54-,55-,56+,57-,60+,61+,64-,65+,66+,67+,68?,69?,70-,71-,72?,74-,76-,79+,80-/m1/s1. The molecule has 3 heterocycles. The van der Waals surface area contributed by atoms with Crippen LogP contribution in [0.4, 0.5) is 9.59 Å². The number of hydrogen-bond donors (Lipinski definition) is 13. The molecule has 3 fully saturated rings. The van der Waals surface area contributed by atoms with Gasteiger partial charge in [-0.25, -0.2) is 24.0 Å². The molecule has 3 aliphatic rings. The van der Waals surface area contributed by atoms with Crippen LogP contribution in [0.15, 0.2) is 54.6 Å². The second kappa shape index (κ2) is 58.2. The van der Waals surface area contributed by atoms with Crippen LogP contribution in [0.3, 0.4) is 0 Å². The van der Waals surface area contributed by atoms with Crippen molar-refractivity contribution in [2.24, 2.45) is 47.3 Å². The van der Waals surface area contributed by atoms with Crippen molar-refractivity contribution in [3.8, 4) is 0 Å². The Morgan fingerprint density at radius 1 is 0.671 bits per heavy atom. The number of carbonyl (C=O) groups excluding carboxylic acids is 17. The molecule has 11 amide bonds. The first kappa shape index (κ1) is 118. The maximum atomic E-state index is 15.4. The summed E-state index contributed by atoms with van der Waals surface area (Å²) >= 11 is 0. The fourth-order valence-corrected chi connectivity index (χ4v) is 18.6. The van der Waals surface area contributed by atoms with E-state index in [4.69, 9.17) is 19.3 Å². The summed E-state index contributed by atoms with van der Waals surface area (Å²) in [4.78, 5) is 304. The summed E-state index contributed by atoms with van der Waals surface area (Å²) in [6.07, 6.45) is -14.0. The van der Waals surface area contributed by atoms with Crippen molar-refractivity contribution in [2.45, 2.75) is 296 Å². The predicted octanol–water partition coefficient (Wildman–Crippen LogP) is 4.51. The number of ketones is 4. The Labute approximate surface area is 820 Å². The molecule has 13 N–H and O–H groups in total. The van der Waals surface area contributed by atoms with E-state index in [2.05, 4.69) is 36.6 Å². The number of hydrogen-bond acceptors (Lipinski definition) is 29. The first-order chi connectivity index (χ1) is 65.9. The van der Waals surface area contributed by atoms with E-state index >= 15 is 24.0 Å². The summed E-state index contributed by atoms with van der Waals surface area (Å²) in [5.74, 6) is -26.7. The number of rotatable bonds is 49. The summed E-state index contributed by atoms with van der Waals surface area (Å²) in [5.41, 5.74) is 1.91. The van der Waals surface area contributed by atoms with Crippen LogP contribution in [0, 0.1) is 54.3 Å². The Morgan fingerprint density at radius 3 is 1.91 bits per heavy atom. The zero-order valence-electron chi connectivity index (χ0n) is 81.6. The smallest absolute Gasteiger partial charge is 0.481 e. The van der Waals surface area contributed by atoms with Crippen LogP contribution in [-0.4, -0.2) is 311 Å². The van der Waals surface area contributed by atoms with Crippen molar-refractivity contribution in [2.75, 3.05) is 45.3 Å². The number of esters is 1. The van der Waals surface area contributed by atoms with E-state index in [1.165, 1.54) is 44.7 Å². The maximum absolute atomic E-state index is 15.4. The van der Waals surface area contributed by atoms with Crippen molar-refractivity contribution in [1.82, 2.24) is 56.8 Å². The molecule has 140 heavy (non-hydrogen) atoms. The lowest BCUT2D eigenvalue weighted by atomic mass is 9.80. The number of Topliss-reactive ketones (excluding diaryl/α,β-unsaturated/α-hetero) is 4. The second-order valence-corrected chi connectivity index (χ2v) is 39.6. The third-order valence-electron chi connectivity index (χ3n) is 24.8. The van der Waals surface area contributed by atoms with Gasteiger partial charge in [0.15, 0.2) is 18.1 Å². The fraction of sp³-hybridized carbons (Fsp3) is 0.642. The summed E-state index contributed by atoms with van der Waals surface area (Å²) in [7, 11) is 4.66. The summed E-state index contributed by atoms with van der Waals surface area (Å²) in [5, 5.41) is 77.8. The van der Waals surface area contributed by atoms with Crippen molar-refractivity contribution < 1.29 is 155 Å². The number of carboxylic acids is 5. The molecule has 0 aliphatic carbocycles. The molecular weight excluding hydrogens is 1870 g/mol. The van der Waals surface area contributed by atoms with E-state index in [1.54, 1.807) is 96.1 Å². The predicted molar refractivity (Wildman–Crippen MR) is 504 cm³/mol. The molecule has 2 aromatic rings. The SMILES string of the molecule is CC[C@@H](C)[C@@H]1NC(=O)[C@H](NC(=O)[C@@H](CC(C)C)N(C)C(=O)C2CCCN2C(=O)[C@@H](C)OC(=O)OCCSSC[C@H](CC(=O)[C@H](Cc2ccccc2)NC(=O)[C@H](CC(=O)O)CC(=O)CC[C@H](NC(=O)CC[C@H](NC(=O)N[C@@H](CCC(=O)O)OC=O)C(=O)O)C(=O)O)C(=O)O)[C@H](C)OC(=O)C(Cc2ccc(C)cc2)N(C)C(=O)[C@H]2CCCN2C(=O)C(CC(C)C)NC(=O)[C@H](C)C(=O)[C@@H](C(C)C)CC(=O)C[C@H]1O. The van der Waals surface area contributed by atoms with Crippen LogP contribution in [0.5, 0.6) is 0 Å². The number of likely N-dealkylation sites (tertiary alicyclic amines) is 1. The van der Waals surface area contributed by atoms with Gasteiger partial charge in [0.1, 0.15) is 78.4 Å². The Balaban J connectivity index is 1.28. The van der Waals surface area contributed by atoms with Crippen molar-refractivity contribution in [3.05, 3.63) is 71.3 Å². The molecule has 3 aliphatic heterocycles. The number of fused-ring (bicyclic) bond motifs is 1. The molecule has 19 atom stereocenters. The number of aliphatic hydroxyl groups excluding tert-OH is 1. The number of likely N-dealkylation sites (N-methyl/N-ethyl adjacent to an activating group) is 2. The van der Waals surface area contributed by atoms with Gasteiger partial charge in [0.05, 0.1) is 48.8 Å². The van der Waals surface area contributed by atoms with Gasteiger partial charge in [-0.1, -0.05) is 144 Å². The van der Waals surface area contributed by atoms with E-state index in [0.29, 0.717) is 24.0 Å². The summed E-state index contributed by atoms with van der Waals surface area (Å²) in [6, 6.07) is -0.845. The number of carbonyl (C=O) groups is 22. The van der Waals surface area contributed by atoms with Crippen molar-refractivity contribution in [3.63, 3.8) is 0 Å². The lowest BCUT2D eigenvalue weighted by Crippen LogP contribution is -2.62. The number of cyclic esters (lactones) is 1. The highest BCUT2D eigenvalue weighted by atomic mass is 33.1. The molecule has 0 radical (unpaired) electrons. The van der Waals surface area contributed by atoms with E-state index < -0.39 is 315 Å². The molecule has 0 saturated carbocycles. The summed E-state index contributed by atoms with van der Waals surface area (Å²) in [6.45, 7) is 19.5. The largest absolute Gasteiger partial charge is 0.509 e. The van der Waals surface area contributed by atoms with Gasteiger partial charge in [-0.3, -0.25) is 81.5 Å². The molecule has 0 spiro atoms. The molecule has 2 aromatic carbocycles. The van der Waals surface area contributed by atoms with Crippen LogP contribution in [-0.2, 0) is 128 Å². The lowest BCUT2D eigenvalue weighted by molar-refractivity contribution is -0.162. The molecule has 3 saturated heterocycles. The number of carboxylic acid groups (broad SMARTS) is 5. The first-order valence-corrected chi connectivity index (χ1v) is 49.5. The Morgan fingerprint density at radius 2 is 1.31 bits per heavy atom. The Bertz CT molecular complexity index is 4680. The van der Waals surface area contributed by atoms with E-state index in [9.17, 15) is 107 Å². The average molecular weight is 2010 g/mol. The molecular formula is C95H137N11O32S2. The monoisotopic (exact) mass is 2010 g/mol. The second-order valence-electron chi connectivity index (χ2n) is 37.0. The zero-order chi connectivity index (χ0) is 105. The van der Waals surface area contributed by atoms with E-state index in [1.807, 2.05) is 26.1 Å². The van der Waals surface area contributed by atoms with Crippen molar-refractivity contribution in [1.29, 1.82) is 0 Å². The van der Waals surface area contributed by atoms with Gasteiger partial charge in [-0.05, 0) is 120 Å². The minimum atomic E-state index is -1.87. The number of aliphatic hydroxyl groups is 1. The minimum absolute atomic E-state index is 0.0172. The number of benzene rings is 2. The minimum Gasteiger partial charge on any atom is -0.481 e. The van der Waals surface area contributed by atoms with Gasteiger partial charge < -0.3 is 106 Å². The van der Waals surface area contributed by atoms with Gasteiger partial charge in [0, 0.05) is 96.0 Å². The Hall–Kier alpha value is -12.2. The molecule has 0 bridgehead atoms. The quantitative estimate of drug-likeness (QED) is 0.00824. The van der Waals surface area contributed by atoms with Gasteiger partial charge in [-0.2, -0.15) is 0 Å². The van der Waals surface area contributed by atoms with Crippen LogP contribution < -0.4 is 37.2 Å². The van der Waals surface area contributed by atoms with Gasteiger partial charge in [0.2, 0.25) is 47.3 Å². The van der Waals surface area contributed by atoms with Crippen LogP contribution in [0.25, 0.3) is 0 Å². The molecule has 5 rings (SSSR count). The normalized spacial score (nSPS) is 21.7. The number of aliphatic carboxylic acids is 5. The zero-order valence-corrected chi connectivity index (χ0v) is 83.2. The molecule has 43 nitrogen and oxygen atoms in total. The highest BCUT2D eigenvalue weighted by Gasteiger charge is 2.48. The fourth-order valence-electron chi connectivity index (χ4n) is 16.5. The number of ether oxygens (including phenoxy) is 4. The van der Waals surface area contributed by atoms with Gasteiger partial charge in [0.25, 0.3) is 12.4 Å². The summed E-state index contributed by atoms with van der Waals surface area (Å²) < 4.78 is 21.5. The highest BCUT2D eigenvalue weighted by molar-refractivity contribution is 8.76. The molecule has 776 valence electrons. The average Bonchev–Trinajstić information content (AvgIpc) is 1.60. The topological polar surface area (TPSA) is 631 Å². The molecule has 3 unspecified atom stereocenters. The lowest BCUT2D eigenvalue weighted by Gasteiger charge is -2.36. The van der Waals surface area contributed by atoms with E-state index in [0.717, 1.165) is 37.0 Å². The number of urea groups is 1. The number of amides is 11. The highest BCUT2D eigenvalue weighted by Crippen LogP contribution is 2.32. The van der Waals surface area contributed by atoms with Crippen LogP contribution in [0.1, 0.15) is 208 Å². The third-order valence-corrected chi connectivity index (χ3v) is 27.2. The first-order valence-electron chi connectivity index (χ1n) is 47.0. The van der Waals surface area contributed by atoms with Crippen molar-refractivity contribution >= 4 is 152 Å². The van der Waals surface area contributed by atoms with Gasteiger partial charge >= 0.3 is 48.0 Å². The number of nitrogens with zero attached hydrogens (tertiary/aromatic N) is 4. The third kappa shape index (κ3) is 38.1. The molecule has 0 aromatic heterocycles. The van der Waals surface area contributed by atoms with E-state index in [-0.39, 0.29) is 94.5 Å². The van der Waals surface area contributed by atoms with Crippen LogP contribution >= 0.6 is 21.6 Å². The Kier molecular flexibility index (Phi) is 49.2. The maximum Gasteiger partial charge on any atom is 0.509 e.